The van der Waals surface area contributed by atoms with Gasteiger partial charge < -0.3 is 16.4 Å². The summed E-state index contributed by atoms with van der Waals surface area (Å²) in [5.74, 6) is -0.402. The fourth-order valence-corrected chi connectivity index (χ4v) is 2.14. The molecule has 0 heterocycles. The van der Waals surface area contributed by atoms with Gasteiger partial charge in [0.05, 0.1) is 13.0 Å². The molecule has 5 heteroatoms. The van der Waals surface area contributed by atoms with Crippen LogP contribution in [-0.4, -0.2) is 31.4 Å². The smallest absolute Gasteiger partial charge is 0.239 e. The van der Waals surface area contributed by atoms with Crippen LogP contribution in [0.5, 0.6) is 0 Å². The molecule has 0 aliphatic carbocycles. The van der Waals surface area contributed by atoms with E-state index in [1.807, 2.05) is 42.5 Å². The summed E-state index contributed by atoms with van der Waals surface area (Å²) in [6.07, 6.45) is 0.255. The lowest BCUT2D eigenvalue weighted by atomic mass is 10.0. The van der Waals surface area contributed by atoms with E-state index in [-0.39, 0.29) is 24.8 Å². The maximum absolute atomic E-state index is 11.9. The molecule has 0 saturated heterocycles. The summed E-state index contributed by atoms with van der Waals surface area (Å²) in [7, 11) is 0. The number of fused-ring (bicyclic) bond motifs is 1. The third-order valence-corrected chi connectivity index (χ3v) is 3.14. The van der Waals surface area contributed by atoms with Crippen LogP contribution in [0.2, 0.25) is 0 Å². The molecule has 5 nitrogen and oxygen atoms in total. The SMILES string of the molecule is NCCNC(=O)CNC(=O)Cc1cccc2ccccc12. The molecule has 0 aliphatic heterocycles. The van der Waals surface area contributed by atoms with Crippen LogP contribution in [0, 0.1) is 0 Å². The van der Waals surface area contributed by atoms with Crippen LogP contribution in [0.3, 0.4) is 0 Å². The molecule has 0 aromatic heterocycles. The van der Waals surface area contributed by atoms with Gasteiger partial charge in [0.15, 0.2) is 0 Å². The lowest BCUT2D eigenvalue weighted by molar-refractivity contribution is -0.125. The summed E-state index contributed by atoms with van der Waals surface area (Å²) < 4.78 is 0. The Bertz CT molecular complexity index is 635. The predicted molar refractivity (Wildman–Crippen MR) is 82.7 cm³/mol. The highest BCUT2D eigenvalue weighted by molar-refractivity contribution is 5.91. The summed E-state index contributed by atoms with van der Waals surface area (Å²) in [6, 6.07) is 13.8. The Labute approximate surface area is 123 Å². The number of nitrogens with two attached hydrogens (primary N) is 1. The summed E-state index contributed by atoms with van der Waals surface area (Å²) in [5, 5.41) is 7.37. The van der Waals surface area contributed by atoms with Crippen molar-refractivity contribution in [1.82, 2.24) is 10.6 Å². The van der Waals surface area contributed by atoms with Crippen molar-refractivity contribution in [3.8, 4) is 0 Å². The average molecular weight is 285 g/mol. The molecule has 0 spiro atoms. The average Bonchev–Trinajstić information content (AvgIpc) is 2.51. The van der Waals surface area contributed by atoms with Crippen molar-refractivity contribution in [2.45, 2.75) is 6.42 Å². The fourth-order valence-electron chi connectivity index (χ4n) is 2.14. The Balaban J connectivity index is 1.94. The zero-order valence-electron chi connectivity index (χ0n) is 11.8. The van der Waals surface area contributed by atoms with Crippen molar-refractivity contribution in [2.75, 3.05) is 19.6 Å². The van der Waals surface area contributed by atoms with Crippen molar-refractivity contribution in [2.24, 2.45) is 5.73 Å². The molecule has 2 amide bonds. The first-order chi connectivity index (χ1) is 10.2. The van der Waals surface area contributed by atoms with Crippen molar-refractivity contribution < 1.29 is 9.59 Å². The summed E-state index contributed by atoms with van der Waals surface area (Å²) >= 11 is 0. The molecule has 110 valence electrons. The van der Waals surface area contributed by atoms with Gasteiger partial charge in [-0.25, -0.2) is 0 Å². The Morgan fingerprint density at radius 2 is 1.71 bits per heavy atom. The summed E-state index contributed by atoms with van der Waals surface area (Å²) in [5.41, 5.74) is 6.24. The summed E-state index contributed by atoms with van der Waals surface area (Å²) in [4.78, 5) is 23.3. The van der Waals surface area contributed by atoms with Gasteiger partial charge in [-0.2, -0.15) is 0 Å². The number of hydrogen-bond donors (Lipinski definition) is 3. The molecule has 0 atom stereocenters. The number of benzene rings is 2. The maximum atomic E-state index is 11.9. The second-order valence-electron chi connectivity index (χ2n) is 4.73. The molecule has 0 fully saturated rings. The molecule has 0 radical (unpaired) electrons. The second-order valence-corrected chi connectivity index (χ2v) is 4.73. The number of hydrogen-bond acceptors (Lipinski definition) is 3. The molecule has 2 aromatic rings. The highest BCUT2D eigenvalue weighted by Crippen LogP contribution is 2.18. The molecule has 0 bridgehead atoms. The van der Waals surface area contributed by atoms with Crippen LogP contribution in [-0.2, 0) is 16.0 Å². The minimum Gasteiger partial charge on any atom is -0.353 e. The number of nitrogens with one attached hydrogen (secondary N) is 2. The van der Waals surface area contributed by atoms with Gasteiger partial charge in [0, 0.05) is 13.1 Å². The number of rotatable bonds is 6. The van der Waals surface area contributed by atoms with Crippen LogP contribution >= 0.6 is 0 Å². The van der Waals surface area contributed by atoms with Crippen LogP contribution in [0.25, 0.3) is 10.8 Å². The van der Waals surface area contributed by atoms with Gasteiger partial charge in [-0.05, 0) is 16.3 Å². The molecular weight excluding hydrogens is 266 g/mol. The maximum Gasteiger partial charge on any atom is 0.239 e. The summed E-state index contributed by atoms with van der Waals surface area (Å²) in [6.45, 7) is 0.775. The molecule has 2 aromatic carbocycles. The normalized spacial score (nSPS) is 10.3. The van der Waals surface area contributed by atoms with Gasteiger partial charge in [0.1, 0.15) is 0 Å². The van der Waals surface area contributed by atoms with E-state index in [0.29, 0.717) is 13.1 Å². The first kappa shape index (κ1) is 15.0. The molecule has 0 aliphatic rings. The largest absolute Gasteiger partial charge is 0.353 e. The first-order valence-corrected chi connectivity index (χ1v) is 6.91. The van der Waals surface area contributed by atoms with Gasteiger partial charge in [-0.3, -0.25) is 9.59 Å². The van der Waals surface area contributed by atoms with Gasteiger partial charge in [0.2, 0.25) is 11.8 Å². The third kappa shape index (κ3) is 4.29. The van der Waals surface area contributed by atoms with Crippen LogP contribution in [0.1, 0.15) is 5.56 Å². The van der Waals surface area contributed by atoms with Gasteiger partial charge in [-0.15, -0.1) is 0 Å². The topological polar surface area (TPSA) is 84.2 Å². The van der Waals surface area contributed by atoms with Crippen molar-refractivity contribution in [1.29, 1.82) is 0 Å². The van der Waals surface area contributed by atoms with Crippen LogP contribution in [0.4, 0.5) is 0 Å². The molecule has 4 N–H and O–H groups in total. The molecular formula is C16H19N3O2. The number of carbonyl (C=O) groups is 2. The monoisotopic (exact) mass is 285 g/mol. The number of amides is 2. The van der Waals surface area contributed by atoms with Gasteiger partial charge in [-0.1, -0.05) is 42.5 Å². The van der Waals surface area contributed by atoms with E-state index in [2.05, 4.69) is 10.6 Å². The van der Waals surface area contributed by atoms with Crippen molar-refractivity contribution >= 4 is 22.6 Å². The lowest BCUT2D eigenvalue weighted by Gasteiger charge is -2.08. The van der Waals surface area contributed by atoms with E-state index >= 15 is 0 Å². The molecule has 0 unspecified atom stereocenters. The van der Waals surface area contributed by atoms with E-state index in [1.54, 1.807) is 0 Å². The third-order valence-electron chi connectivity index (χ3n) is 3.14. The van der Waals surface area contributed by atoms with Gasteiger partial charge in [0.25, 0.3) is 0 Å². The Hall–Kier alpha value is -2.40. The Morgan fingerprint density at radius 1 is 0.952 bits per heavy atom. The Morgan fingerprint density at radius 3 is 2.52 bits per heavy atom. The van der Waals surface area contributed by atoms with Crippen molar-refractivity contribution in [3.63, 3.8) is 0 Å². The first-order valence-electron chi connectivity index (χ1n) is 6.91. The second kappa shape index (κ2) is 7.40. The van der Waals surface area contributed by atoms with E-state index in [0.717, 1.165) is 16.3 Å². The minimum absolute atomic E-state index is 0.0242. The van der Waals surface area contributed by atoms with E-state index in [1.165, 1.54) is 0 Å². The van der Waals surface area contributed by atoms with Gasteiger partial charge >= 0.3 is 0 Å². The zero-order chi connectivity index (χ0) is 15.1. The molecule has 2 rings (SSSR count). The highest BCUT2D eigenvalue weighted by Gasteiger charge is 2.08. The van der Waals surface area contributed by atoms with E-state index < -0.39 is 0 Å². The minimum atomic E-state index is -0.230. The van der Waals surface area contributed by atoms with E-state index in [9.17, 15) is 9.59 Å². The lowest BCUT2D eigenvalue weighted by Crippen LogP contribution is -2.39. The molecule has 21 heavy (non-hydrogen) atoms. The Kier molecular flexibility index (Phi) is 5.29. The predicted octanol–water partition coefficient (Wildman–Crippen LogP) is 0.573. The molecule has 0 saturated carbocycles. The van der Waals surface area contributed by atoms with E-state index in [4.69, 9.17) is 5.73 Å². The van der Waals surface area contributed by atoms with Crippen LogP contribution < -0.4 is 16.4 Å². The number of carbonyl (C=O) groups excluding carboxylic acids is 2. The van der Waals surface area contributed by atoms with Crippen LogP contribution in [0.15, 0.2) is 42.5 Å². The zero-order valence-corrected chi connectivity index (χ0v) is 11.8. The standard InChI is InChI=1S/C16H19N3O2/c17-8-9-18-16(21)11-19-15(20)10-13-6-3-5-12-4-1-2-7-14(12)13/h1-7H,8-11,17H2,(H,18,21)(H,19,20). The highest BCUT2D eigenvalue weighted by atomic mass is 16.2. The van der Waals surface area contributed by atoms with Crippen molar-refractivity contribution in [3.05, 3.63) is 48.0 Å². The fraction of sp³-hybridized carbons (Fsp3) is 0.250. The quantitative estimate of drug-likeness (QED) is 0.725.